The Hall–Kier alpha value is -1.42. The van der Waals surface area contributed by atoms with Crippen molar-refractivity contribution in [3.63, 3.8) is 0 Å². The third-order valence-corrected chi connectivity index (χ3v) is 9.75. The van der Waals surface area contributed by atoms with Crippen molar-refractivity contribution in [3.05, 3.63) is 68.6 Å². The molecule has 33 heavy (non-hydrogen) atoms. The summed E-state index contributed by atoms with van der Waals surface area (Å²) in [6.07, 6.45) is 2.67. The maximum Gasteiger partial charge on any atom is 0.321 e. The van der Waals surface area contributed by atoms with Crippen LogP contribution in [0.2, 0.25) is 0 Å². The average molecular weight is 600 g/mol. The molecule has 2 saturated heterocycles. The summed E-state index contributed by atoms with van der Waals surface area (Å²) in [5, 5.41) is 8.50. The standard InChI is InChI=1S/C24H28Br2N2O4S/c25-19-8-4-6-17(12-19)14-27-21-16-33(31,32)22(10-2-1-3-11-29)23(21)28(24(27)30)15-18-7-5-9-20(26)13-18/h4-9,12-13,21-23,29H,1-3,10-11,14-16H2/t21-,22-,23-/m0/s1. The number of urea groups is 1. The monoisotopic (exact) mass is 598 g/mol. The fourth-order valence-electron chi connectivity index (χ4n) is 5.04. The molecule has 2 fully saturated rings. The van der Waals surface area contributed by atoms with Gasteiger partial charge in [0.25, 0.3) is 0 Å². The number of benzene rings is 2. The number of aliphatic hydroxyl groups is 1. The van der Waals surface area contributed by atoms with Gasteiger partial charge >= 0.3 is 6.03 Å². The van der Waals surface area contributed by atoms with Gasteiger partial charge in [-0.15, -0.1) is 0 Å². The van der Waals surface area contributed by atoms with Crippen LogP contribution in [0.25, 0.3) is 0 Å². The summed E-state index contributed by atoms with van der Waals surface area (Å²) in [7, 11) is -3.34. The normalized spacial score (nSPS) is 23.8. The van der Waals surface area contributed by atoms with Crippen LogP contribution in [-0.4, -0.2) is 59.0 Å². The SMILES string of the molecule is O=C1N(Cc2cccc(Br)c2)[C@H]2[C@H](CS(=O)(=O)[C@H]2CCCCCO)N1Cc1cccc(Br)c1. The Balaban J connectivity index is 1.65. The molecular weight excluding hydrogens is 572 g/mol. The Morgan fingerprint density at radius 2 is 1.52 bits per heavy atom. The molecule has 178 valence electrons. The number of amides is 2. The molecule has 0 aliphatic carbocycles. The molecule has 2 aliphatic heterocycles. The molecule has 0 radical (unpaired) electrons. The molecule has 2 amide bonds. The second kappa shape index (κ2) is 10.5. The van der Waals surface area contributed by atoms with Gasteiger partial charge in [0.1, 0.15) is 0 Å². The Morgan fingerprint density at radius 1 is 0.909 bits per heavy atom. The lowest BCUT2D eigenvalue weighted by molar-refractivity contribution is 0.180. The summed E-state index contributed by atoms with van der Waals surface area (Å²) in [6.45, 7) is 0.857. The van der Waals surface area contributed by atoms with Crippen LogP contribution in [0.15, 0.2) is 57.5 Å². The molecule has 0 spiro atoms. The zero-order valence-electron chi connectivity index (χ0n) is 18.2. The average Bonchev–Trinajstić information content (AvgIpc) is 3.15. The maximum absolute atomic E-state index is 13.6. The molecule has 2 aliphatic rings. The molecule has 2 aromatic carbocycles. The summed E-state index contributed by atoms with van der Waals surface area (Å²) >= 11 is 6.97. The van der Waals surface area contributed by atoms with Gasteiger partial charge in [-0.3, -0.25) is 0 Å². The van der Waals surface area contributed by atoms with Crippen LogP contribution >= 0.6 is 31.9 Å². The van der Waals surface area contributed by atoms with Gasteiger partial charge in [0.2, 0.25) is 0 Å². The second-order valence-corrected chi connectivity index (χ2v) is 12.9. The number of aliphatic hydroxyl groups excluding tert-OH is 1. The lowest BCUT2D eigenvalue weighted by Gasteiger charge is -2.27. The fraction of sp³-hybridized carbons (Fsp3) is 0.458. The third-order valence-electron chi connectivity index (χ3n) is 6.52. The molecule has 1 N–H and O–H groups in total. The van der Waals surface area contributed by atoms with Crippen LogP contribution in [0.5, 0.6) is 0 Å². The van der Waals surface area contributed by atoms with E-state index >= 15 is 0 Å². The largest absolute Gasteiger partial charge is 0.396 e. The van der Waals surface area contributed by atoms with E-state index in [1.807, 2.05) is 48.5 Å². The lowest BCUT2D eigenvalue weighted by atomic mass is 10.0. The van der Waals surface area contributed by atoms with E-state index in [1.54, 1.807) is 9.80 Å². The van der Waals surface area contributed by atoms with E-state index in [0.29, 0.717) is 25.9 Å². The number of nitrogens with zero attached hydrogens (tertiary/aromatic N) is 2. The molecule has 2 heterocycles. The first kappa shape index (κ1) is 24.7. The highest BCUT2D eigenvalue weighted by atomic mass is 79.9. The number of fused-ring (bicyclic) bond motifs is 1. The summed E-state index contributed by atoms with van der Waals surface area (Å²) in [4.78, 5) is 17.1. The van der Waals surface area contributed by atoms with Crippen LogP contribution in [0.3, 0.4) is 0 Å². The highest BCUT2D eigenvalue weighted by molar-refractivity contribution is 9.10. The Bertz CT molecular complexity index is 1110. The van der Waals surface area contributed by atoms with Crippen molar-refractivity contribution in [3.8, 4) is 0 Å². The second-order valence-electron chi connectivity index (χ2n) is 8.80. The lowest BCUT2D eigenvalue weighted by Crippen LogP contribution is -2.42. The molecule has 6 nitrogen and oxygen atoms in total. The van der Waals surface area contributed by atoms with Gasteiger partial charge in [-0.25, -0.2) is 13.2 Å². The molecule has 4 rings (SSSR count). The highest BCUT2D eigenvalue weighted by Crippen LogP contribution is 2.40. The first-order chi connectivity index (χ1) is 15.8. The summed E-state index contributed by atoms with van der Waals surface area (Å²) < 4.78 is 28.3. The number of rotatable bonds is 9. The van der Waals surface area contributed by atoms with Gasteiger partial charge < -0.3 is 14.9 Å². The maximum atomic E-state index is 13.6. The first-order valence-electron chi connectivity index (χ1n) is 11.2. The van der Waals surface area contributed by atoms with Crippen molar-refractivity contribution in [1.82, 2.24) is 9.80 Å². The number of halogens is 2. The molecule has 9 heteroatoms. The minimum atomic E-state index is -3.34. The number of hydrogen-bond acceptors (Lipinski definition) is 4. The zero-order valence-corrected chi connectivity index (χ0v) is 22.2. The van der Waals surface area contributed by atoms with Crippen molar-refractivity contribution in [2.24, 2.45) is 0 Å². The topological polar surface area (TPSA) is 77.9 Å². The van der Waals surface area contributed by atoms with Crippen molar-refractivity contribution >= 4 is 47.7 Å². The molecular formula is C24H28Br2N2O4S. The van der Waals surface area contributed by atoms with Crippen molar-refractivity contribution < 1.29 is 18.3 Å². The van der Waals surface area contributed by atoms with Gasteiger partial charge in [-0.2, -0.15) is 0 Å². The Labute approximate surface area is 212 Å². The Morgan fingerprint density at radius 3 is 2.09 bits per heavy atom. The zero-order chi connectivity index (χ0) is 23.6. The van der Waals surface area contributed by atoms with Crippen LogP contribution in [0.1, 0.15) is 36.8 Å². The van der Waals surface area contributed by atoms with Gasteiger partial charge in [-0.05, 0) is 48.2 Å². The molecule has 0 saturated carbocycles. The molecule has 0 unspecified atom stereocenters. The molecule has 0 bridgehead atoms. The predicted octanol–water partition coefficient (Wildman–Crippen LogP) is 4.74. The number of carbonyl (C=O) groups excluding carboxylic acids is 1. The first-order valence-corrected chi connectivity index (χ1v) is 14.5. The Kier molecular flexibility index (Phi) is 7.83. The van der Waals surface area contributed by atoms with Crippen LogP contribution in [0.4, 0.5) is 4.79 Å². The predicted molar refractivity (Wildman–Crippen MR) is 135 cm³/mol. The number of carbonyl (C=O) groups is 1. The summed E-state index contributed by atoms with van der Waals surface area (Å²) in [5.41, 5.74) is 1.92. The summed E-state index contributed by atoms with van der Waals surface area (Å²) in [5.74, 6) is -0.00292. The van der Waals surface area contributed by atoms with E-state index in [-0.39, 0.29) is 30.5 Å². The van der Waals surface area contributed by atoms with E-state index in [9.17, 15) is 13.2 Å². The van der Waals surface area contributed by atoms with Gasteiger partial charge in [-0.1, -0.05) is 69.0 Å². The van der Waals surface area contributed by atoms with E-state index in [0.717, 1.165) is 32.9 Å². The van der Waals surface area contributed by atoms with Crippen LogP contribution in [0, 0.1) is 0 Å². The van der Waals surface area contributed by atoms with Crippen molar-refractivity contribution in [2.75, 3.05) is 12.4 Å². The van der Waals surface area contributed by atoms with Gasteiger partial charge in [0, 0.05) is 28.6 Å². The van der Waals surface area contributed by atoms with Gasteiger partial charge in [0.15, 0.2) is 9.84 Å². The van der Waals surface area contributed by atoms with Crippen LogP contribution in [-0.2, 0) is 22.9 Å². The summed E-state index contributed by atoms with van der Waals surface area (Å²) in [6, 6.07) is 14.7. The van der Waals surface area contributed by atoms with Crippen molar-refractivity contribution in [2.45, 2.75) is 56.1 Å². The van der Waals surface area contributed by atoms with E-state index in [4.69, 9.17) is 5.11 Å². The van der Waals surface area contributed by atoms with Crippen molar-refractivity contribution in [1.29, 1.82) is 0 Å². The molecule has 3 atom stereocenters. The molecule has 2 aromatic rings. The third kappa shape index (κ3) is 5.47. The smallest absolute Gasteiger partial charge is 0.321 e. The minimum Gasteiger partial charge on any atom is -0.396 e. The van der Waals surface area contributed by atoms with E-state index in [2.05, 4.69) is 31.9 Å². The van der Waals surface area contributed by atoms with Crippen LogP contribution < -0.4 is 0 Å². The quantitative estimate of drug-likeness (QED) is 0.334. The van der Waals surface area contributed by atoms with E-state index < -0.39 is 15.1 Å². The number of hydrogen-bond donors (Lipinski definition) is 1. The number of sulfone groups is 1. The molecule has 0 aromatic heterocycles. The highest BCUT2D eigenvalue weighted by Gasteiger charge is 2.58. The van der Waals surface area contributed by atoms with Gasteiger partial charge in [0.05, 0.1) is 23.1 Å². The van der Waals surface area contributed by atoms with E-state index in [1.165, 1.54) is 0 Å². The number of unbranched alkanes of at least 4 members (excludes halogenated alkanes) is 2. The fourth-order valence-corrected chi connectivity index (χ4v) is 8.32. The minimum absolute atomic E-state index is 0.00292.